The Morgan fingerprint density at radius 3 is 1.88 bits per heavy atom. The molecule has 2 heteroatoms. The summed E-state index contributed by atoms with van der Waals surface area (Å²) < 4.78 is 2.47. The number of allylic oxidation sites excluding steroid dienone is 10. The fourth-order valence-corrected chi connectivity index (χ4v) is 8.57. The van der Waals surface area contributed by atoms with Crippen LogP contribution >= 0.6 is 0 Å². The van der Waals surface area contributed by atoms with Gasteiger partial charge in [-0.3, -0.25) is 0 Å². The number of hydrogen-bond acceptors (Lipinski definition) is 1. The van der Waals surface area contributed by atoms with Crippen LogP contribution in [0.3, 0.4) is 0 Å². The van der Waals surface area contributed by atoms with Crippen LogP contribution in [0.5, 0.6) is 0 Å². The van der Waals surface area contributed by atoms with Crippen molar-refractivity contribution in [2.75, 3.05) is 4.90 Å². The average Bonchev–Trinajstić information content (AvgIpc) is 3.62. The van der Waals surface area contributed by atoms with Gasteiger partial charge in [-0.2, -0.15) is 0 Å². The zero-order valence-corrected chi connectivity index (χ0v) is 32.7. The normalized spacial score (nSPS) is 14.9. The molecule has 5 aromatic carbocycles. The minimum Gasteiger partial charge on any atom is -0.317 e. The van der Waals surface area contributed by atoms with Crippen molar-refractivity contribution < 1.29 is 0 Å². The highest BCUT2D eigenvalue weighted by Crippen LogP contribution is 2.37. The molecule has 2 nitrogen and oxygen atoms in total. The highest BCUT2D eigenvalue weighted by atomic mass is 15.1. The molecule has 1 aromatic heterocycles. The molecule has 278 valence electrons. The van der Waals surface area contributed by atoms with Crippen LogP contribution in [0, 0.1) is 6.92 Å². The lowest BCUT2D eigenvalue weighted by Gasteiger charge is -2.22. The number of anilines is 2. The number of benzene rings is 5. The average molecular weight is 737 g/mol. The first-order valence-electron chi connectivity index (χ1n) is 20.4. The molecule has 1 heterocycles. The SMILES string of the molecule is C=C/C=C(\C=C/N(c1ccc(C)cc1)c1ccc(-c2ccc(-n3c4c(c5c3C=CCC5)CCC=C4)cc2)cc1)C1=CCCC(c2cccc(-c3ccccc3)c2)=C1. The molecule has 0 unspecified atom stereocenters. The van der Waals surface area contributed by atoms with Crippen LogP contribution in [-0.2, 0) is 12.8 Å². The van der Waals surface area contributed by atoms with Gasteiger partial charge in [0.15, 0.2) is 0 Å². The van der Waals surface area contributed by atoms with E-state index in [1.54, 1.807) is 0 Å². The van der Waals surface area contributed by atoms with E-state index in [2.05, 4.69) is 205 Å². The second-order valence-corrected chi connectivity index (χ2v) is 15.2. The molecule has 9 rings (SSSR count). The summed E-state index contributed by atoms with van der Waals surface area (Å²) in [5.74, 6) is 0. The maximum absolute atomic E-state index is 4.09. The Bertz CT molecular complexity index is 2560. The Morgan fingerprint density at radius 2 is 1.21 bits per heavy atom. The van der Waals surface area contributed by atoms with Gasteiger partial charge in [-0.15, -0.1) is 0 Å². The molecule has 0 spiro atoms. The largest absolute Gasteiger partial charge is 0.317 e. The van der Waals surface area contributed by atoms with Crippen LogP contribution in [0.15, 0.2) is 194 Å². The number of rotatable bonds is 10. The number of fused-ring (bicyclic) bond motifs is 3. The maximum atomic E-state index is 4.09. The topological polar surface area (TPSA) is 8.17 Å². The van der Waals surface area contributed by atoms with Gasteiger partial charge in [0.05, 0.1) is 0 Å². The van der Waals surface area contributed by atoms with Crippen molar-refractivity contribution in [2.24, 2.45) is 0 Å². The predicted octanol–water partition coefficient (Wildman–Crippen LogP) is 14.6. The molecule has 0 fully saturated rings. The number of aromatic nitrogens is 1. The van der Waals surface area contributed by atoms with Crippen molar-refractivity contribution in [3.05, 3.63) is 227 Å². The van der Waals surface area contributed by atoms with E-state index in [4.69, 9.17) is 0 Å². The van der Waals surface area contributed by atoms with Crippen molar-refractivity contribution in [2.45, 2.75) is 45.4 Å². The van der Waals surface area contributed by atoms with E-state index >= 15 is 0 Å². The Kier molecular flexibility index (Phi) is 10.3. The lowest BCUT2D eigenvalue weighted by atomic mass is 9.89. The van der Waals surface area contributed by atoms with Gasteiger partial charge in [-0.1, -0.05) is 134 Å². The molecule has 57 heavy (non-hydrogen) atoms. The molecule has 6 aromatic rings. The Labute approximate surface area is 338 Å². The maximum Gasteiger partial charge on any atom is 0.0494 e. The van der Waals surface area contributed by atoms with Crippen molar-refractivity contribution in [3.63, 3.8) is 0 Å². The Balaban J connectivity index is 0.989. The molecule has 0 saturated heterocycles. The molecule has 0 amide bonds. The van der Waals surface area contributed by atoms with Gasteiger partial charge in [-0.05, 0) is 162 Å². The minimum absolute atomic E-state index is 0.993. The second kappa shape index (κ2) is 16.2. The molecule has 3 aliphatic rings. The quantitative estimate of drug-likeness (QED) is 0.127. The van der Waals surface area contributed by atoms with Crippen LogP contribution in [0.4, 0.5) is 11.4 Å². The van der Waals surface area contributed by atoms with E-state index in [-0.39, 0.29) is 0 Å². The summed E-state index contributed by atoms with van der Waals surface area (Å²) >= 11 is 0. The molecule has 0 N–H and O–H groups in total. The van der Waals surface area contributed by atoms with E-state index in [1.807, 2.05) is 6.08 Å². The van der Waals surface area contributed by atoms with Gasteiger partial charge >= 0.3 is 0 Å². The molecular formula is C55H48N2. The highest BCUT2D eigenvalue weighted by molar-refractivity contribution is 5.78. The molecule has 3 aliphatic carbocycles. The summed E-state index contributed by atoms with van der Waals surface area (Å²) in [6.45, 7) is 6.22. The third-order valence-corrected chi connectivity index (χ3v) is 11.5. The monoisotopic (exact) mass is 736 g/mol. The van der Waals surface area contributed by atoms with Gasteiger partial charge in [0.1, 0.15) is 0 Å². The number of aryl methyl sites for hydroxylation is 1. The molecule has 0 radical (unpaired) electrons. The summed E-state index contributed by atoms with van der Waals surface area (Å²) in [7, 11) is 0. The van der Waals surface area contributed by atoms with Gasteiger partial charge < -0.3 is 9.47 Å². The highest BCUT2D eigenvalue weighted by Gasteiger charge is 2.23. The van der Waals surface area contributed by atoms with Crippen LogP contribution in [0.2, 0.25) is 0 Å². The van der Waals surface area contributed by atoms with Crippen LogP contribution in [-0.4, -0.2) is 4.57 Å². The Morgan fingerprint density at radius 1 is 0.614 bits per heavy atom. The van der Waals surface area contributed by atoms with Crippen LogP contribution in [0.1, 0.15) is 59.3 Å². The zero-order valence-electron chi connectivity index (χ0n) is 32.7. The van der Waals surface area contributed by atoms with E-state index in [0.717, 1.165) is 55.5 Å². The van der Waals surface area contributed by atoms with Crippen molar-refractivity contribution >= 4 is 29.1 Å². The van der Waals surface area contributed by atoms with Gasteiger partial charge in [-0.25, -0.2) is 0 Å². The predicted molar refractivity (Wildman–Crippen MR) is 244 cm³/mol. The number of hydrogen-bond donors (Lipinski definition) is 0. The van der Waals surface area contributed by atoms with E-state index in [0.29, 0.717) is 0 Å². The van der Waals surface area contributed by atoms with E-state index in [9.17, 15) is 0 Å². The van der Waals surface area contributed by atoms with Gasteiger partial charge in [0, 0.05) is 34.6 Å². The van der Waals surface area contributed by atoms with Crippen molar-refractivity contribution in [1.29, 1.82) is 0 Å². The first-order valence-corrected chi connectivity index (χ1v) is 20.4. The summed E-state index contributed by atoms with van der Waals surface area (Å²) in [5, 5.41) is 0. The molecular weight excluding hydrogens is 689 g/mol. The van der Waals surface area contributed by atoms with Gasteiger partial charge in [0.25, 0.3) is 0 Å². The molecule has 0 atom stereocenters. The minimum atomic E-state index is 0.993. The van der Waals surface area contributed by atoms with Crippen LogP contribution in [0.25, 0.3) is 45.7 Å². The lowest BCUT2D eigenvalue weighted by Crippen LogP contribution is -2.08. The van der Waals surface area contributed by atoms with Crippen molar-refractivity contribution in [3.8, 4) is 27.9 Å². The summed E-state index contributed by atoms with van der Waals surface area (Å²) in [4.78, 5) is 2.28. The zero-order chi connectivity index (χ0) is 38.6. The van der Waals surface area contributed by atoms with Crippen LogP contribution < -0.4 is 4.90 Å². The smallest absolute Gasteiger partial charge is 0.0494 e. The molecule has 0 bridgehead atoms. The number of nitrogens with zero attached hydrogens (tertiary/aromatic N) is 2. The first kappa shape index (κ1) is 36.0. The fourth-order valence-electron chi connectivity index (χ4n) is 8.57. The summed E-state index contributed by atoms with van der Waals surface area (Å²) in [5.41, 5.74) is 20.3. The lowest BCUT2D eigenvalue weighted by molar-refractivity contribution is 0.922. The summed E-state index contributed by atoms with van der Waals surface area (Å²) in [6.07, 6.45) is 29.0. The van der Waals surface area contributed by atoms with Crippen molar-refractivity contribution in [1.82, 2.24) is 4.57 Å². The van der Waals surface area contributed by atoms with Gasteiger partial charge in [0.2, 0.25) is 0 Å². The molecule has 0 aliphatic heterocycles. The second-order valence-electron chi connectivity index (χ2n) is 15.2. The van der Waals surface area contributed by atoms with E-state index < -0.39 is 0 Å². The third kappa shape index (κ3) is 7.52. The standard InChI is InChI=1S/C55H48N2/c1-3-13-41(45-16-11-18-47(38-45)48-19-12-17-46(39-48)42-14-5-4-6-15-42)36-37-56(49-30-24-40(2)25-31-49)50-32-26-43(27-33-50)44-28-34-51(35-29-44)57-54-22-9-7-20-52(54)53-21-8-10-23-55(53)57/h3-6,9-10,12-17,19,22-39H,1,7-8,11,18,20-21H2,2H3/b37-36-,41-13+. The third-order valence-electron chi connectivity index (χ3n) is 11.5. The molecule has 0 saturated carbocycles. The first-order chi connectivity index (χ1) is 28.1. The summed E-state index contributed by atoms with van der Waals surface area (Å²) in [6, 6.07) is 46.4. The van der Waals surface area contributed by atoms with E-state index in [1.165, 1.54) is 72.7 Å². The Hall–Kier alpha value is -6.64. The fraction of sp³-hybridized carbons (Fsp3) is 0.127.